The van der Waals surface area contributed by atoms with E-state index < -0.39 is 0 Å². The standard InChI is InChI=1S/C24H32N4O2/c1-4-25-24(30)28-14-6-9-21(17-28)19-7-5-8-20(15-19)23(29)26-16-18-10-12-22(13-11-18)27(2)3/h5,7-8,10-13,15,21H,4,6,9,14,16-17H2,1-3H3,(H,25,30)(H,26,29). The Balaban J connectivity index is 1.61. The van der Waals surface area contributed by atoms with Crippen LogP contribution in [0.2, 0.25) is 0 Å². The van der Waals surface area contributed by atoms with Crippen molar-refractivity contribution in [2.24, 2.45) is 0 Å². The topological polar surface area (TPSA) is 64.7 Å². The van der Waals surface area contributed by atoms with Crippen LogP contribution in [0.25, 0.3) is 0 Å². The number of urea groups is 1. The molecule has 2 aromatic rings. The van der Waals surface area contributed by atoms with Crippen LogP contribution in [0.3, 0.4) is 0 Å². The number of nitrogens with zero attached hydrogens (tertiary/aromatic N) is 2. The van der Waals surface area contributed by atoms with Gasteiger partial charge in [-0.15, -0.1) is 0 Å². The summed E-state index contributed by atoms with van der Waals surface area (Å²) in [6.07, 6.45) is 2.00. The van der Waals surface area contributed by atoms with Crippen LogP contribution in [0, 0.1) is 0 Å². The molecule has 6 heteroatoms. The smallest absolute Gasteiger partial charge is 0.317 e. The molecule has 0 aromatic heterocycles. The number of hydrogen-bond donors (Lipinski definition) is 2. The first kappa shape index (κ1) is 21.7. The number of carbonyl (C=O) groups is 2. The summed E-state index contributed by atoms with van der Waals surface area (Å²) < 4.78 is 0. The van der Waals surface area contributed by atoms with Crippen LogP contribution < -0.4 is 15.5 Å². The van der Waals surface area contributed by atoms with Crippen molar-refractivity contribution >= 4 is 17.6 Å². The van der Waals surface area contributed by atoms with E-state index >= 15 is 0 Å². The average molecular weight is 409 g/mol. The molecule has 1 unspecified atom stereocenters. The minimum absolute atomic E-state index is 0.00335. The zero-order valence-electron chi connectivity index (χ0n) is 18.1. The molecule has 1 atom stereocenters. The van der Waals surface area contributed by atoms with Crippen molar-refractivity contribution in [3.8, 4) is 0 Å². The number of amides is 3. The van der Waals surface area contributed by atoms with Gasteiger partial charge in [0.05, 0.1) is 0 Å². The van der Waals surface area contributed by atoms with Crippen molar-refractivity contribution in [2.75, 3.05) is 38.6 Å². The number of carbonyl (C=O) groups excluding carboxylic acids is 2. The number of piperidine rings is 1. The van der Waals surface area contributed by atoms with Gasteiger partial charge in [0.2, 0.25) is 0 Å². The lowest BCUT2D eigenvalue weighted by Crippen LogP contribution is -2.44. The highest BCUT2D eigenvalue weighted by Crippen LogP contribution is 2.27. The van der Waals surface area contributed by atoms with Crippen molar-refractivity contribution in [2.45, 2.75) is 32.2 Å². The fourth-order valence-corrected chi connectivity index (χ4v) is 3.83. The van der Waals surface area contributed by atoms with Crippen LogP contribution in [0.4, 0.5) is 10.5 Å². The summed E-state index contributed by atoms with van der Waals surface area (Å²) in [5.74, 6) is 0.178. The van der Waals surface area contributed by atoms with Crippen LogP contribution >= 0.6 is 0 Å². The van der Waals surface area contributed by atoms with Crippen LogP contribution in [-0.2, 0) is 6.54 Å². The summed E-state index contributed by atoms with van der Waals surface area (Å²) in [6, 6.07) is 16.0. The normalized spacial score (nSPS) is 16.1. The van der Waals surface area contributed by atoms with Gasteiger partial charge in [0.15, 0.2) is 0 Å². The van der Waals surface area contributed by atoms with E-state index in [9.17, 15) is 9.59 Å². The minimum atomic E-state index is -0.0788. The van der Waals surface area contributed by atoms with Crippen molar-refractivity contribution in [3.05, 3.63) is 65.2 Å². The fourth-order valence-electron chi connectivity index (χ4n) is 3.83. The molecule has 1 fully saturated rings. The SMILES string of the molecule is CCNC(=O)N1CCCC(c2cccc(C(=O)NCc3ccc(N(C)C)cc3)c2)C1. The highest BCUT2D eigenvalue weighted by Gasteiger charge is 2.24. The highest BCUT2D eigenvalue weighted by atomic mass is 16.2. The molecule has 0 spiro atoms. The van der Waals surface area contributed by atoms with Gasteiger partial charge in [-0.2, -0.15) is 0 Å². The molecule has 2 aromatic carbocycles. The second kappa shape index (κ2) is 10.1. The molecule has 1 aliphatic heterocycles. The van der Waals surface area contributed by atoms with E-state index in [1.165, 1.54) is 0 Å². The van der Waals surface area contributed by atoms with Gasteiger partial charge in [0.25, 0.3) is 5.91 Å². The monoisotopic (exact) mass is 408 g/mol. The van der Waals surface area contributed by atoms with Gasteiger partial charge in [0.1, 0.15) is 0 Å². The van der Waals surface area contributed by atoms with Gasteiger partial charge >= 0.3 is 6.03 Å². The molecule has 0 radical (unpaired) electrons. The fraction of sp³-hybridized carbons (Fsp3) is 0.417. The van der Waals surface area contributed by atoms with E-state index in [1.807, 2.05) is 73.3 Å². The Hall–Kier alpha value is -3.02. The molecule has 0 bridgehead atoms. The van der Waals surface area contributed by atoms with E-state index in [-0.39, 0.29) is 17.9 Å². The van der Waals surface area contributed by atoms with Crippen molar-refractivity contribution < 1.29 is 9.59 Å². The quantitative estimate of drug-likeness (QED) is 0.768. The Labute approximate surface area is 179 Å². The Morgan fingerprint density at radius 2 is 1.87 bits per heavy atom. The number of anilines is 1. The molecule has 1 heterocycles. The molecule has 0 saturated carbocycles. The van der Waals surface area contributed by atoms with Gasteiger partial charge < -0.3 is 20.4 Å². The van der Waals surface area contributed by atoms with E-state index in [4.69, 9.17) is 0 Å². The van der Waals surface area contributed by atoms with E-state index in [2.05, 4.69) is 16.7 Å². The van der Waals surface area contributed by atoms with Crippen molar-refractivity contribution in [1.82, 2.24) is 15.5 Å². The number of nitrogens with one attached hydrogen (secondary N) is 2. The van der Waals surface area contributed by atoms with Crippen LogP contribution in [0.5, 0.6) is 0 Å². The number of rotatable bonds is 6. The summed E-state index contributed by atoms with van der Waals surface area (Å²) in [5, 5.41) is 5.89. The Bertz CT molecular complexity index is 864. The van der Waals surface area contributed by atoms with Gasteiger partial charge in [-0.05, 0) is 55.2 Å². The Morgan fingerprint density at radius 3 is 2.57 bits per heavy atom. The van der Waals surface area contributed by atoms with Gasteiger partial charge in [0, 0.05) is 57.4 Å². The average Bonchev–Trinajstić information content (AvgIpc) is 2.78. The van der Waals surface area contributed by atoms with Gasteiger partial charge in [-0.1, -0.05) is 24.3 Å². The lowest BCUT2D eigenvalue weighted by Gasteiger charge is -2.33. The minimum Gasteiger partial charge on any atom is -0.378 e. The lowest BCUT2D eigenvalue weighted by atomic mass is 9.89. The second-order valence-electron chi connectivity index (χ2n) is 7.99. The first-order chi connectivity index (χ1) is 14.5. The van der Waals surface area contributed by atoms with Crippen LogP contribution in [0.15, 0.2) is 48.5 Å². The predicted octanol–water partition coefficient (Wildman–Crippen LogP) is 3.59. The van der Waals surface area contributed by atoms with Gasteiger partial charge in [-0.25, -0.2) is 4.79 Å². The molecule has 30 heavy (non-hydrogen) atoms. The first-order valence-corrected chi connectivity index (χ1v) is 10.6. The maximum absolute atomic E-state index is 12.7. The molecule has 3 amide bonds. The molecule has 160 valence electrons. The van der Waals surface area contributed by atoms with Crippen molar-refractivity contribution in [3.63, 3.8) is 0 Å². The van der Waals surface area contributed by atoms with Crippen LogP contribution in [-0.4, -0.2) is 50.6 Å². The van der Waals surface area contributed by atoms with E-state index in [0.717, 1.165) is 36.2 Å². The van der Waals surface area contributed by atoms with Gasteiger partial charge in [-0.3, -0.25) is 4.79 Å². The first-order valence-electron chi connectivity index (χ1n) is 10.6. The zero-order valence-corrected chi connectivity index (χ0v) is 18.1. The van der Waals surface area contributed by atoms with Crippen LogP contribution in [0.1, 0.15) is 47.2 Å². The highest BCUT2D eigenvalue weighted by molar-refractivity contribution is 5.94. The van der Waals surface area contributed by atoms with Crippen molar-refractivity contribution in [1.29, 1.82) is 0 Å². The van der Waals surface area contributed by atoms with E-state index in [1.54, 1.807) is 0 Å². The lowest BCUT2D eigenvalue weighted by molar-refractivity contribution is 0.0950. The van der Waals surface area contributed by atoms with E-state index in [0.29, 0.717) is 25.2 Å². The summed E-state index contributed by atoms with van der Waals surface area (Å²) in [5.41, 5.74) is 3.97. The third-order valence-corrected chi connectivity index (χ3v) is 5.56. The molecule has 3 rings (SSSR count). The zero-order chi connectivity index (χ0) is 21.5. The third kappa shape index (κ3) is 5.53. The third-order valence-electron chi connectivity index (χ3n) is 5.56. The number of benzene rings is 2. The molecule has 0 aliphatic carbocycles. The number of likely N-dealkylation sites (tertiary alicyclic amines) is 1. The molecule has 1 aliphatic rings. The number of hydrogen-bond acceptors (Lipinski definition) is 3. The Kier molecular flexibility index (Phi) is 7.33. The summed E-state index contributed by atoms with van der Waals surface area (Å²) in [7, 11) is 4.01. The molecular formula is C24H32N4O2. The maximum Gasteiger partial charge on any atom is 0.317 e. The summed E-state index contributed by atoms with van der Waals surface area (Å²) >= 11 is 0. The predicted molar refractivity (Wildman–Crippen MR) is 121 cm³/mol. The molecule has 6 nitrogen and oxygen atoms in total. The molecular weight excluding hydrogens is 376 g/mol. The summed E-state index contributed by atoms with van der Waals surface area (Å²) in [6.45, 7) is 4.53. The largest absolute Gasteiger partial charge is 0.378 e. The molecule has 1 saturated heterocycles. The Morgan fingerprint density at radius 1 is 1.10 bits per heavy atom. The maximum atomic E-state index is 12.7. The summed E-state index contributed by atoms with van der Waals surface area (Å²) in [4.78, 5) is 28.8. The second-order valence-corrected chi connectivity index (χ2v) is 7.99. The molecule has 2 N–H and O–H groups in total.